The molecule has 1 aromatic carbocycles. The van der Waals surface area contributed by atoms with Gasteiger partial charge < -0.3 is 30.3 Å². The first kappa shape index (κ1) is 30.4. The molecule has 2 atom stereocenters. The average Bonchev–Trinajstić information content (AvgIpc) is 2.84. The van der Waals surface area contributed by atoms with Crippen LogP contribution in [0.5, 0.6) is 17.2 Å². The van der Waals surface area contributed by atoms with Crippen molar-refractivity contribution in [2.45, 2.75) is 74.0 Å². The predicted octanol–water partition coefficient (Wildman–Crippen LogP) is 5.45. The Morgan fingerprint density at radius 1 is 0.950 bits per heavy atom. The van der Waals surface area contributed by atoms with Gasteiger partial charge in [-0.05, 0) is 67.4 Å². The fourth-order valence-corrected chi connectivity index (χ4v) is 4.81. The summed E-state index contributed by atoms with van der Waals surface area (Å²) in [5.41, 5.74) is -0.658. The van der Waals surface area contributed by atoms with E-state index in [1.807, 2.05) is 33.8 Å². The van der Waals surface area contributed by atoms with Gasteiger partial charge in [-0.3, -0.25) is 14.4 Å². The van der Waals surface area contributed by atoms with E-state index in [0.29, 0.717) is 5.57 Å². The number of carbonyl (C=O) groups excluding carboxylic acids is 3. The third-order valence-corrected chi connectivity index (χ3v) is 7.19. The summed E-state index contributed by atoms with van der Waals surface area (Å²) in [5.74, 6) is -4.80. The van der Waals surface area contributed by atoms with Gasteiger partial charge in [0.05, 0.1) is 11.0 Å². The fourth-order valence-electron chi connectivity index (χ4n) is 4.81. The highest BCUT2D eigenvalue weighted by molar-refractivity contribution is 6.23. The zero-order valence-electron chi connectivity index (χ0n) is 23.8. The highest BCUT2D eigenvalue weighted by Gasteiger charge is 2.47. The van der Waals surface area contributed by atoms with Crippen molar-refractivity contribution < 1.29 is 44.7 Å². The summed E-state index contributed by atoms with van der Waals surface area (Å²) >= 11 is 0. The highest BCUT2D eigenvalue weighted by atomic mass is 16.6. The molecular formula is C31H36O9. The maximum atomic E-state index is 13.3. The number of fused-ring (bicyclic) bond motifs is 1. The zero-order valence-corrected chi connectivity index (χ0v) is 23.8. The third-order valence-electron chi connectivity index (χ3n) is 7.19. The van der Waals surface area contributed by atoms with Gasteiger partial charge in [0.25, 0.3) is 0 Å². The van der Waals surface area contributed by atoms with Crippen molar-refractivity contribution in [2.75, 3.05) is 0 Å². The number of ether oxygens (including phenoxy) is 1. The minimum absolute atomic E-state index is 0.0231. The summed E-state index contributed by atoms with van der Waals surface area (Å²) in [4.78, 5) is 38.4. The molecular weight excluding hydrogens is 516 g/mol. The molecule has 0 radical (unpaired) electrons. The van der Waals surface area contributed by atoms with Crippen LogP contribution in [0.1, 0.15) is 82.8 Å². The summed E-state index contributed by atoms with van der Waals surface area (Å²) in [6.45, 7) is 11.1. The van der Waals surface area contributed by atoms with Crippen LogP contribution < -0.4 is 4.74 Å². The van der Waals surface area contributed by atoms with Crippen molar-refractivity contribution >= 4 is 23.4 Å². The van der Waals surface area contributed by atoms with Gasteiger partial charge in [-0.25, -0.2) is 0 Å². The second-order valence-corrected chi connectivity index (χ2v) is 11.0. The molecule has 9 heteroatoms. The van der Waals surface area contributed by atoms with E-state index in [2.05, 4.69) is 0 Å². The molecule has 1 aliphatic carbocycles. The van der Waals surface area contributed by atoms with E-state index >= 15 is 0 Å². The second kappa shape index (κ2) is 11.2. The highest BCUT2D eigenvalue weighted by Crippen LogP contribution is 2.50. The molecule has 5 N–H and O–H groups in total. The lowest BCUT2D eigenvalue weighted by Gasteiger charge is -2.33. The summed E-state index contributed by atoms with van der Waals surface area (Å²) in [5, 5.41) is 55.3. The molecule has 0 saturated heterocycles. The first-order valence-corrected chi connectivity index (χ1v) is 12.9. The number of phenolic OH excluding ortho intramolecular Hbond substituents is 2. The Kier molecular flexibility index (Phi) is 8.50. The van der Waals surface area contributed by atoms with Crippen LogP contribution >= 0.6 is 0 Å². The van der Waals surface area contributed by atoms with Gasteiger partial charge in [-0.2, -0.15) is 0 Å². The van der Waals surface area contributed by atoms with E-state index in [1.165, 1.54) is 19.9 Å². The molecule has 1 aromatic rings. The van der Waals surface area contributed by atoms with Gasteiger partial charge in [0.2, 0.25) is 6.29 Å². The van der Waals surface area contributed by atoms with Crippen LogP contribution in [-0.2, 0) is 16.0 Å². The lowest BCUT2D eigenvalue weighted by Crippen LogP contribution is -2.38. The smallest absolute Gasteiger partial charge is 0.220 e. The van der Waals surface area contributed by atoms with Gasteiger partial charge >= 0.3 is 0 Å². The topological polar surface area (TPSA) is 162 Å². The minimum atomic E-state index is -1.60. The van der Waals surface area contributed by atoms with Crippen molar-refractivity contribution in [3.05, 3.63) is 68.2 Å². The monoisotopic (exact) mass is 552 g/mol. The largest absolute Gasteiger partial charge is 0.511 e. The Bertz CT molecular complexity index is 1460. The number of aliphatic hydroxyl groups is 3. The molecule has 1 heterocycles. The number of benzene rings is 1. The molecule has 9 nitrogen and oxygen atoms in total. The number of rotatable bonds is 8. The van der Waals surface area contributed by atoms with Gasteiger partial charge in [-0.15, -0.1) is 0 Å². The number of hydrogen-bond acceptors (Lipinski definition) is 9. The van der Waals surface area contributed by atoms with Crippen molar-refractivity contribution in [1.82, 2.24) is 0 Å². The summed E-state index contributed by atoms with van der Waals surface area (Å²) in [6.07, 6.45) is 3.37. The van der Waals surface area contributed by atoms with Crippen molar-refractivity contribution in [3.8, 4) is 17.2 Å². The van der Waals surface area contributed by atoms with Crippen LogP contribution in [-0.4, -0.2) is 49.2 Å². The van der Waals surface area contributed by atoms with Crippen LogP contribution in [0.25, 0.3) is 6.08 Å². The van der Waals surface area contributed by atoms with E-state index in [-0.39, 0.29) is 40.9 Å². The number of ketones is 3. The molecule has 3 rings (SSSR count). The van der Waals surface area contributed by atoms with Gasteiger partial charge in [0.1, 0.15) is 39.9 Å². The van der Waals surface area contributed by atoms with Crippen LogP contribution in [0, 0.1) is 5.41 Å². The second-order valence-electron chi connectivity index (χ2n) is 11.0. The average molecular weight is 553 g/mol. The van der Waals surface area contributed by atoms with E-state index in [1.54, 1.807) is 6.08 Å². The van der Waals surface area contributed by atoms with Crippen LogP contribution in [0.3, 0.4) is 0 Å². The van der Waals surface area contributed by atoms with Crippen LogP contribution in [0.2, 0.25) is 0 Å². The lowest BCUT2D eigenvalue weighted by atomic mass is 9.70. The van der Waals surface area contributed by atoms with Crippen LogP contribution in [0.15, 0.2) is 51.5 Å². The molecule has 0 aromatic heterocycles. The zero-order chi connectivity index (χ0) is 30.3. The Labute approximate surface area is 233 Å². The summed E-state index contributed by atoms with van der Waals surface area (Å²) < 4.78 is 5.57. The van der Waals surface area contributed by atoms with E-state index in [9.17, 15) is 39.9 Å². The fraction of sp³-hybridized carbons (Fsp3) is 0.387. The Morgan fingerprint density at radius 3 is 2.08 bits per heavy atom. The number of phenols is 2. The van der Waals surface area contributed by atoms with E-state index in [4.69, 9.17) is 4.74 Å². The molecule has 0 bridgehead atoms. The number of carbonyl (C=O) groups is 3. The van der Waals surface area contributed by atoms with Gasteiger partial charge in [0.15, 0.2) is 17.3 Å². The molecule has 40 heavy (non-hydrogen) atoms. The number of aromatic hydroxyl groups is 2. The molecule has 0 spiro atoms. The number of Topliss-reactive ketones (excluding diaryl/α,β-unsaturated/α-hetero) is 3. The minimum Gasteiger partial charge on any atom is -0.511 e. The number of aliphatic hydroxyl groups excluding tert-OH is 3. The maximum Gasteiger partial charge on any atom is 0.220 e. The van der Waals surface area contributed by atoms with Gasteiger partial charge in [0, 0.05) is 23.1 Å². The third kappa shape index (κ3) is 5.34. The Balaban J connectivity index is 2.32. The molecule has 1 aliphatic heterocycles. The molecule has 0 saturated carbocycles. The van der Waals surface area contributed by atoms with E-state index < -0.39 is 64.1 Å². The standard InChI is InChI=1S/C31H36O9/c1-14(2)8-9-18-12-20-24(34)19(25(35)22(16(5)32)27(20)40-30(18)39)13-21-26(36)23(17(6)33)29(38)31(7,28(21)37)11-10-15(3)4/h8,10,12,30,34-37,39H,9,11,13H2,1-7H3. The maximum absolute atomic E-state index is 13.3. The van der Waals surface area contributed by atoms with Crippen molar-refractivity contribution in [3.63, 3.8) is 0 Å². The van der Waals surface area contributed by atoms with Crippen LogP contribution in [0.4, 0.5) is 0 Å². The number of allylic oxidation sites excluding steroid dienone is 7. The predicted molar refractivity (Wildman–Crippen MR) is 149 cm³/mol. The Morgan fingerprint density at radius 2 is 1.55 bits per heavy atom. The lowest BCUT2D eigenvalue weighted by molar-refractivity contribution is -0.127. The summed E-state index contributed by atoms with van der Waals surface area (Å²) in [7, 11) is 0. The first-order valence-electron chi connectivity index (χ1n) is 12.9. The molecule has 0 amide bonds. The quantitative estimate of drug-likeness (QED) is 0.160. The SMILES string of the molecule is CC(=O)C1=C(O)C(Cc2c(O)c3c(c(C(C)=O)c2O)OC(O)C(CC=C(C)C)=C3)=C(O)C(C)(CC=C(C)C)C1=O. The van der Waals surface area contributed by atoms with Gasteiger partial charge in [-0.1, -0.05) is 23.3 Å². The Hall–Kier alpha value is -4.11. The first-order chi connectivity index (χ1) is 18.5. The van der Waals surface area contributed by atoms with E-state index in [0.717, 1.165) is 18.1 Å². The number of hydrogen-bond donors (Lipinski definition) is 5. The molecule has 0 fully saturated rings. The molecule has 214 valence electrons. The summed E-state index contributed by atoms with van der Waals surface area (Å²) in [6, 6.07) is 0. The van der Waals surface area contributed by atoms with Crippen molar-refractivity contribution in [1.29, 1.82) is 0 Å². The van der Waals surface area contributed by atoms with Crippen molar-refractivity contribution in [2.24, 2.45) is 5.41 Å². The molecule has 2 aliphatic rings. The normalized spacial score (nSPS) is 20.4. The molecule has 2 unspecified atom stereocenters.